The van der Waals surface area contributed by atoms with Crippen LogP contribution in [0.5, 0.6) is 0 Å². The maximum absolute atomic E-state index is 11.7. The van der Waals surface area contributed by atoms with Gasteiger partial charge in [-0.1, -0.05) is 18.2 Å². The number of carbonyl (C=O) groups is 1. The predicted molar refractivity (Wildman–Crippen MR) is 67.0 cm³/mol. The zero-order chi connectivity index (χ0) is 11.9. The van der Waals surface area contributed by atoms with E-state index in [1.54, 1.807) is 0 Å². The van der Waals surface area contributed by atoms with Gasteiger partial charge in [0, 0.05) is 18.7 Å². The first-order valence-electron chi connectivity index (χ1n) is 6.31. The molecule has 1 unspecified atom stereocenters. The summed E-state index contributed by atoms with van der Waals surface area (Å²) in [6, 6.07) is 9.31. The Morgan fingerprint density at radius 3 is 2.82 bits per heavy atom. The molecule has 3 heteroatoms. The van der Waals surface area contributed by atoms with Crippen LogP contribution in [-0.2, 0) is 4.74 Å². The van der Waals surface area contributed by atoms with E-state index in [-0.39, 0.29) is 5.91 Å². The number of amides is 1. The van der Waals surface area contributed by atoms with Crippen molar-refractivity contribution in [2.24, 2.45) is 0 Å². The number of carbonyl (C=O) groups excluding carboxylic acids is 1. The lowest BCUT2D eigenvalue weighted by Gasteiger charge is -2.22. The minimum Gasteiger partial charge on any atom is -0.378 e. The molecule has 1 aromatic carbocycles. The second-order valence-corrected chi connectivity index (χ2v) is 4.40. The predicted octanol–water partition coefficient (Wildman–Crippen LogP) is 2.38. The molecule has 1 heterocycles. The summed E-state index contributed by atoms with van der Waals surface area (Å²) >= 11 is 0. The van der Waals surface area contributed by atoms with E-state index in [1.807, 2.05) is 30.3 Å². The van der Waals surface area contributed by atoms with Gasteiger partial charge in [-0.05, 0) is 37.8 Å². The monoisotopic (exact) mass is 233 g/mol. The Morgan fingerprint density at radius 1 is 1.29 bits per heavy atom. The van der Waals surface area contributed by atoms with Crippen LogP contribution < -0.4 is 5.32 Å². The van der Waals surface area contributed by atoms with Gasteiger partial charge in [0.05, 0.1) is 6.10 Å². The van der Waals surface area contributed by atoms with Crippen LogP contribution in [0.3, 0.4) is 0 Å². The summed E-state index contributed by atoms with van der Waals surface area (Å²) in [5, 5.41) is 2.93. The summed E-state index contributed by atoms with van der Waals surface area (Å²) in [6.45, 7) is 1.57. The molecule has 1 atom stereocenters. The van der Waals surface area contributed by atoms with Gasteiger partial charge in [0.15, 0.2) is 0 Å². The maximum Gasteiger partial charge on any atom is 0.251 e. The van der Waals surface area contributed by atoms with Crippen molar-refractivity contribution in [1.29, 1.82) is 0 Å². The first-order chi connectivity index (χ1) is 8.36. The average molecular weight is 233 g/mol. The van der Waals surface area contributed by atoms with E-state index in [2.05, 4.69) is 5.32 Å². The normalized spacial score (nSPS) is 19.9. The molecule has 0 spiro atoms. The van der Waals surface area contributed by atoms with Gasteiger partial charge < -0.3 is 10.1 Å². The zero-order valence-electron chi connectivity index (χ0n) is 10.0. The molecule has 1 saturated heterocycles. The van der Waals surface area contributed by atoms with Crippen molar-refractivity contribution < 1.29 is 9.53 Å². The van der Waals surface area contributed by atoms with Crippen LogP contribution in [0.1, 0.15) is 36.0 Å². The molecule has 0 aliphatic carbocycles. The van der Waals surface area contributed by atoms with E-state index < -0.39 is 0 Å². The van der Waals surface area contributed by atoms with Crippen molar-refractivity contribution in [1.82, 2.24) is 5.32 Å². The first-order valence-corrected chi connectivity index (χ1v) is 6.31. The average Bonchev–Trinajstić information content (AvgIpc) is 2.41. The van der Waals surface area contributed by atoms with Crippen LogP contribution in [0.4, 0.5) is 0 Å². The van der Waals surface area contributed by atoms with Crippen LogP contribution in [0, 0.1) is 0 Å². The second-order valence-electron chi connectivity index (χ2n) is 4.40. The molecule has 1 aliphatic heterocycles. The number of nitrogens with one attached hydrogen (secondary N) is 1. The van der Waals surface area contributed by atoms with Crippen LogP contribution in [0.15, 0.2) is 30.3 Å². The molecule has 3 nitrogen and oxygen atoms in total. The molecule has 92 valence electrons. The third-order valence-electron chi connectivity index (χ3n) is 3.06. The van der Waals surface area contributed by atoms with Crippen molar-refractivity contribution >= 4 is 5.91 Å². The standard InChI is InChI=1S/C14H19NO2/c16-14(12-6-2-1-3-7-12)15-10-9-13-8-4-5-11-17-13/h1-3,6-7,13H,4-5,8-11H2,(H,15,16). The fourth-order valence-electron chi connectivity index (χ4n) is 2.07. The summed E-state index contributed by atoms with van der Waals surface area (Å²) in [5.41, 5.74) is 0.720. The maximum atomic E-state index is 11.7. The molecular weight excluding hydrogens is 214 g/mol. The molecule has 1 aliphatic rings. The molecule has 0 saturated carbocycles. The summed E-state index contributed by atoms with van der Waals surface area (Å²) < 4.78 is 5.61. The number of ether oxygens (including phenoxy) is 1. The Balaban J connectivity index is 1.69. The topological polar surface area (TPSA) is 38.3 Å². The lowest BCUT2D eigenvalue weighted by Crippen LogP contribution is -2.29. The first kappa shape index (κ1) is 12.1. The SMILES string of the molecule is O=C(NCCC1CCCCO1)c1ccccc1. The van der Waals surface area contributed by atoms with E-state index in [4.69, 9.17) is 4.74 Å². The van der Waals surface area contributed by atoms with Gasteiger partial charge in [-0.3, -0.25) is 4.79 Å². The quantitative estimate of drug-likeness (QED) is 0.867. The highest BCUT2D eigenvalue weighted by Gasteiger charge is 2.13. The smallest absolute Gasteiger partial charge is 0.251 e. The second kappa shape index (κ2) is 6.40. The lowest BCUT2D eigenvalue weighted by molar-refractivity contribution is 0.0117. The molecule has 17 heavy (non-hydrogen) atoms. The molecule has 0 radical (unpaired) electrons. The Hall–Kier alpha value is -1.35. The van der Waals surface area contributed by atoms with Crippen LogP contribution in [-0.4, -0.2) is 25.2 Å². The Morgan fingerprint density at radius 2 is 2.12 bits per heavy atom. The molecule has 1 amide bonds. The fraction of sp³-hybridized carbons (Fsp3) is 0.500. The minimum absolute atomic E-state index is 0.00131. The summed E-state index contributed by atoms with van der Waals surface area (Å²) in [7, 11) is 0. The van der Waals surface area contributed by atoms with E-state index >= 15 is 0 Å². The van der Waals surface area contributed by atoms with Gasteiger partial charge in [0.2, 0.25) is 0 Å². The molecule has 0 aromatic heterocycles. The number of hydrogen-bond acceptors (Lipinski definition) is 2. The van der Waals surface area contributed by atoms with Crippen LogP contribution in [0.2, 0.25) is 0 Å². The van der Waals surface area contributed by atoms with Gasteiger partial charge in [0.1, 0.15) is 0 Å². The summed E-state index contributed by atoms with van der Waals surface area (Å²) in [4.78, 5) is 11.7. The Kier molecular flexibility index (Phi) is 4.56. The van der Waals surface area contributed by atoms with Crippen LogP contribution in [0.25, 0.3) is 0 Å². The molecule has 2 rings (SSSR count). The third-order valence-corrected chi connectivity index (χ3v) is 3.06. The molecule has 1 N–H and O–H groups in total. The van der Waals surface area contributed by atoms with Gasteiger partial charge in [-0.15, -0.1) is 0 Å². The van der Waals surface area contributed by atoms with Gasteiger partial charge >= 0.3 is 0 Å². The van der Waals surface area contributed by atoms with Crippen molar-refractivity contribution in [2.45, 2.75) is 31.8 Å². The van der Waals surface area contributed by atoms with Gasteiger partial charge in [-0.2, -0.15) is 0 Å². The number of benzene rings is 1. The fourth-order valence-corrected chi connectivity index (χ4v) is 2.07. The highest BCUT2D eigenvalue weighted by Crippen LogP contribution is 2.14. The van der Waals surface area contributed by atoms with Crippen molar-refractivity contribution in [3.63, 3.8) is 0 Å². The molecule has 0 bridgehead atoms. The highest BCUT2D eigenvalue weighted by molar-refractivity contribution is 5.94. The largest absolute Gasteiger partial charge is 0.378 e. The number of hydrogen-bond donors (Lipinski definition) is 1. The van der Waals surface area contributed by atoms with Crippen LogP contribution >= 0.6 is 0 Å². The van der Waals surface area contributed by atoms with E-state index in [0.717, 1.165) is 25.0 Å². The van der Waals surface area contributed by atoms with E-state index in [0.29, 0.717) is 12.6 Å². The summed E-state index contributed by atoms with van der Waals surface area (Å²) in [5.74, 6) is 0.00131. The molecule has 1 fully saturated rings. The molecule has 1 aromatic rings. The lowest BCUT2D eigenvalue weighted by atomic mass is 10.1. The Bertz CT molecular complexity index is 344. The number of rotatable bonds is 4. The van der Waals surface area contributed by atoms with Crippen molar-refractivity contribution in [3.8, 4) is 0 Å². The van der Waals surface area contributed by atoms with Crippen molar-refractivity contribution in [2.75, 3.05) is 13.2 Å². The molecular formula is C14H19NO2. The van der Waals surface area contributed by atoms with E-state index in [9.17, 15) is 4.79 Å². The van der Waals surface area contributed by atoms with Gasteiger partial charge in [-0.25, -0.2) is 0 Å². The highest BCUT2D eigenvalue weighted by atomic mass is 16.5. The van der Waals surface area contributed by atoms with Crippen molar-refractivity contribution in [3.05, 3.63) is 35.9 Å². The third kappa shape index (κ3) is 3.86. The van der Waals surface area contributed by atoms with E-state index in [1.165, 1.54) is 12.8 Å². The van der Waals surface area contributed by atoms with Gasteiger partial charge in [0.25, 0.3) is 5.91 Å². The Labute approximate surface area is 102 Å². The minimum atomic E-state index is 0.00131. The zero-order valence-corrected chi connectivity index (χ0v) is 10.0. The summed E-state index contributed by atoms with van der Waals surface area (Å²) in [6.07, 6.45) is 4.80.